The smallest absolute Gasteiger partial charge is 0.288 e. The van der Waals surface area contributed by atoms with Crippen LogP contribution in [0.15, 0.2) is 21.8 Å². The second kappa shape index (κ2) is 8.32. The van der Waals surface area contributed by atoms with Crippen LogP contribution in [-0.4, -0.2) is 21.9 Å². The number of anilines is 1. The molecule has 1 aliphatic rings. The maximum absolute atomic E-state index is 12.2. The standard InChI is InChI=1S/C18H21N5O2S/c1-12(2)23-10-17(25-22-23)21-16(24)11-26-18-14(9-19)8-13-6-4-3-5-7-15(13)20-18/h8,10,12H,3-7,11H2,1-2H3/p+1. The number of fused-ring (bicyclic) bond motifs is 1. The zero-order chi connectivity index (χ0) is 18.5. The van der Waals surface area contributed by atoms with Gasteiger partial charge in [-0.2, -0.15) is 5.26 Å². The zero-order valence-electron chi connectivity index (χ0n) is 15.0. The first-order valence-corrected chi connectivity index (χ1v) is 9.79. The van der Waals surface area contributed by atoms with Crippen molar-refractivity contribution >= 4 is 23.6 Å². The summed E-state index contributed by atoms with van der Waals surface area (Å²) in [5.74, 6) is 0.241. The third kappa shape index (κ3) is 4.41. The summed E-state index contributed by atoms with van der Waals surface area (Å²) in [7, 11) is 0. The van der Waals surface area contributed by atoms with Gasteiger partial charge in [-0.05, 0) is 55.8 Å². The van der Waals surface area contributed by atoms with Crippen LogP contribution in [0.2, 0.25) is 0 Å². The summed E-state index contributed by atoms with van der Waals surface area (Å²) < 4.78 is 6.72. The van der Waals surface area contributed by atoms with E-state index >= 15 is 0 Å². The highest BCUT2D eigenvalue weighted by Crippen LogP contribution is 2.27. The van der Waals surface area contributed by atoms with E-state index in [2.05, 4.69) is 21.6 Å². The minimum atomic E-state index is -0.220. The summed E-state index contributed by atoms with van der Waals surface area (Å²) in [5.41, 5.74) is 2.78. The fourth-order valence-corrected chi connectivity index (χ4v) is 3.62. The molecule has 0 radical (unpaired) electrons. The molecule has 0 fully saturated rings. The van der Waals surface area contributed by atoms with Crippen LogP contribution in [0.5, 0.6) is 0 Å². The number of rotatable bonds is 5. The number of nitrogens with zero attached hydrogens (tertiary/aromatic N) is 4. The number of nitrogens with one attached hydrogen (secondary N) is 1. The maximum Gasteiger partial charge on any atom is 0.302 e. The number of thioether (sulfide) groups is 1. The van der Waals surface area contributed by atoms with E-state index in [1.165, 1.54) is 23.7 Å². The molecule has 1 aliphatic carbocycles. The number of hydrogen-bond acceptors (Lipinski definition) is 6. The van der Waals surface area contributed by atoms with Crippen LogP contribution in [0, 0.1) is 11.3 Å². The Morgan fingerprint density at radius 3 is 2.96 bits per heavy atom. The summed E-state index contributed by atoms with van der Waals surface area (Å²) in [5, 5.41) is 16.6. The van der Waals surface area contributed by atoms with Crippen molar-refractivity contribution in [1.29, 1.82) is 5.26 Å². The van der Waals surface area contributed by atoms with Crippen LogP contribution < -0.4 is 10.00 Å². The molecular weight excluding hydrogens is 350 g/mol. The second-order valence-corrected chi connectivity index (χ2v) is 7.56. The van der Waals surface area contributed by atoms with E-state index in [4.69, 9.17) is 4.52 Å². The molecular formula is C18H22N5O2S+. The van der Waals surface area contributed by atoms with Crippen molar-refractivity contribution in [2.45, 2.75) is 57.0 Å². The van der Waals surface area contributed by atoms with Crippen molar-refractivity contribution in [2.75, 3.05) is 11.1 Å². The Bertz CT molecular complexity index is 841. The Morgan fingerprint density at radius 1 is 1.42 bits per heavy atom. The molecule has 2 aromatic rings. The van der Waals surface area contributed by atoms with Crippen molar-refractivity contribution in [1.82, 2.24) is 10.3 Å². The monoisotopic (exact) mass is 372 g/mol. The highest BCUT2D eigenvalue weighted by molar-refractivity contribution is 8.00. The summed E-state index contributed by atoms with van der Waals surface area (Å²) in [6.07, 6.45) is 7.02. The maximum atomic E-state index is 12.2. The summed E-state index contributed by atoms with van der Waals surface area (Å²) in [6.45, 7) is 3.94. The van der Waals surface area contributed by atoms with Gasteiger partial charge in [-0.3, -0.25) is 14.6 Å². The molecule has 8 heteroatoms. The van der Waals surface area contributed by atoms with Crippen LogP contribution in [-0.2, 0) is 17.6 Å². The minimum Gasteiger partial charge on any atom is -0.288 e. The van der Waals surface area contributed by atoms with Gasteiger partial charge in [0.15, 0.2) is 6.04 Å². The highest BCUT2D eigenvalue weighted by Gasteiger charge is 2.18. The van der Waals surface area contributed by atoms with E-state index in [-0.39, 0.29) is 17.7 Å². The normalized spacial score (nSPS) is 13.8. The van der Waals surface area contributed by atoms with Gasteiger partial charge in [-0.1, -0.05) is 18.2 Å². The van der Waals surface area contributed by atoms with Gasteiger partial charge in [0.05, 0.1) is 11.3 Å². The highest BCUT2D eigenvalue weighted by atomic mass is 32.2. The Hall–Kier alpha value is -2.40. The molecule has 2 aromatic heterocycles. The first kappa shape index (κ1) is 18.4. The van der Waals surface area contributed by atoms with Gasteiger partial charge in [0.1, 0.15) is 11.1 Å². The number of aryl methyl sites for hydroxylation is 2. The van der Waals surface area contributed by atoms with Gasteiger partial charge in [-0.15, -0.1) is 0 Å². The van der Waals surface area contributed by atoms with Crippen molar-refractivity contribution in [2.24, 2.45) is 0 Å². The van der Waals surface area contributed by atoms with Gasteiger partial charge >= 0.3 is 5.88 Å². The van der Waals surface area contributed by atoms with Crippen molar-refractivity contribution < 1.29 is 14.0 Å². The van der Waals surface area contributed by atoms with E-state index < -0.39 is 0 Å². The number of nitriles is 1. The molecule has 3 rings (SSSR count). The van der Waals surface area contributed by atoms with Gasteiger partial charge in [-0.25, -0.2) is 4.98 Å². The Kier molecular flexibility index (Phi) is 5.89. The lowest BCUT2D eigenvalue weighted by Gasteiger charge is -2.09. The van der Waals surface area contributed by atoms with Crippen LogP contribution >= 0.6 is 11.8 Å². The van der Waals surface area contributed by atoms with E-state index in [1.54, 1.807) is 10.9 Å². The number of amides is 1. The third-order valence-corrected chi connectivity index (χ3v) is 5.24. The molecule has 0 aromatic carbocycles. The topological polar surface area (TPSA) is 95.7 Å². The van der Waals surface area contributed by atoms with Crippen LogP contribution in [0.25, 0.3) is 0 Å². The predicted molar refractivity (Wildman–Crippen MR) is 96.6 cm³/mol. The van der Waals surface area contributed by atoms with Crippen molar-refractivity contribution in [3.63, 3.8) is 0 Å². The lowest BCUT2D eigenvalue weighted by atomic mass is 10.1. The van der Waals surface area contributed by atoms with Crippen LogP contribution in [0.4, 0.5) is 5.88 Å². The minimum absolute atomic E-state index is 0.153. The third-order valence-electron chi connectivity index (χ3n) is 4.25. The zero-order valence-corrected chi connectivity index (χ0v) is 15.8. The Labute approximate surface area is 156 Å². The van der Waals surface area contributed by atoms with E-state index in [0.29, 0.717) is 16.5 Å². The largest absolute Gasteiger partial charge is 0.302 e. The quantitative estimate of drug-likeness (QED) is 0.492. The number of aromatic nitrogens is 3. The number of carbonyl (C=O) groups excluding carboxylic acids is 1. The molecule has 0 atom stereocenters. The molecule has 0 saturated heterocycles. The lowest BCUT2D eigenvalue weighted by molar-refractivity contribution is -0.779. The average Bonchev–Trinajstić information content (AvgIpc) is 2.97. The molecule has 1 amide bonds. The first-order chi connectivity index (χ1) is 12.6. The molecule has 26 heavy (non-hydrogen) atoms. The molecule has 0 spiro atoms. The molecule has 0 bridgehead atoms. The fourth-order valence-electron chi connectivity index (χ4n) is 2.85. The molecule has 0 saturated carbocycles. The molecule has 1 N–H and O–H groups in total. The predicted octanol–water partition coefficient (Wildman–Crippen LogP) is 2.81. The average molecular weight is 372 g/mol. The molecule has 0 aliphatic heterocycles. The SMILES string of the molecule is CC(C)[n+]1cc(NC(=O)CSc2nc3c(cc2C#N)CCCCC3)on1. The Morgan fingerprint density at radius 2 is 2.23 bits per heavy atom. The molecule has 0 unspecified atom stereocenters. The van der Waals surface area contributed by atoms with Gasteiger partial charge in [0, 0.05) is 5.69 Å². The van der Waals surface area contributed by atoms with Gasteiger partial charge in [0.2, 0.25) is 11.2 Å². The summed E-state index contributed by atoms with van der Waals surface area (Å²) in [4.78, 5) is 16.8. The molecule has 136 valence electrons. The molecule has 2 heterocycles. The Balaban J connectivity index is 1.65. The van der Waals surface area contributed by atoms with Crippen LogP contribution in [0.3, 0.4) is 0 Å². The molecule has 7 nitrogen and oxygen atoms in total. The summed E-state index contributed by atoms with van der Waals surface area (Å²) in [6, 6.07) is 4.30. The fraction of sp³-hybridized carbons (Fsp3) is 0.500. The van der Waals surface area contributed by atoms with Crippen LogP contribution in [0.1, 0.15) is 56.0 Å². The van der Waals surface area contributed by atoms with Crippen molar-refractivity contribution in [3.8, 4) is 6.07 Å². The van der Waals surface area contributed by atoms with E-state index in [9.17, 15) is 10.1 Å². The number of carbonyl (C=O) groups is 1. The van der Waals surface area contributed by atoms with E-state index in [1.807, 2.05) is 19.9 Å². The first-order valence-electron chi connectivity index (χ1n) is 8.80. The van der Waals surface area contributed by atoms with Gasteiger partial charge in [0.25, 0.3) is 6.20 Å². The summed E-state index contributed by atoms with van der Waals surface area (Å²) >= 11 is 1.28. The number of pyridine rings is 1. The lowest BCUT2D eigenvalue weighted by Crippen LogP contribution is -2.36. The van der Waals surface area contributed by atoms with E-state index in [0.717, 1.165) is 31.4 Å². The van der Waals surface area contributed by atoms with Crippen molar-refractivity contribution in [3.05, 3.63) is 29.1 Å². The number of hydrogen-bond donors (Lipinski definition) is 1. The van der Waals surface area contributed by atoms with Gasteiger partial charge < -0.3 is 0 Å². The second-order valence-electron chi connectivity index (χ2n) is 6.60.